The number of rotatable bonds is 3. The number of hydrogen-bond donors (Lipinski definition) is 1. The highest BCUT2D eigenvalue weighted by molar-refractivity contribution is 5.75. The number of aromatic amines is 1. The van der Waals surface area contributed by atoms with Crippen molar-refractivity contribution in [3.63, 3.8) is 0 Å². The zero-order valence-electron chi connectivity index (χ0n) is 8.75. The zero-order valence-corrected chi connectivity index (χ0v) is 8.75. The predicted molar refractivity (Wildman–Crippen MR) is 59.4 cm³/mol. The Morgan fingerprint density at radius 1 is 1.47 bits per heavy atom. The van der Waals surface area contributed by atoms with Crippen molar-refractivity contribution < 1.29 is 0 Å². The first kappa shape index (κ1) is 9.72. The lowest BCUT2D eigenvalue weighted by Gasteiger charge is -1.98. The summed E-state index contributed by atoms with van der Waals surface area (Å²) in [5, 5.41) is 8.45. The minimum atomic E-state index is 0.625. The first-order valence-corrected chi connectivity index (χ1v) is 5.12. The van der Waals surface area contributed by atoms with Crippen molar-refractivity contribution >= 4 is 11.0 Å². The first-order valence-electron chi connectivity index (χ1n) is 5.12. The fourth-order valence-corrected chi connectivity index (χ4v) is 1.71. The van der Waals surface area contributed by atoms with E-state index in [1.54, 1.807) is 0 Å². The van der Waals surface area contributed by atoms with E-state index in [-0.39, 0.29) is 0 Å². The van der Waals surface area contributed by atoms with Crippen molar-refractivity contribution in [1.82, 2.24) is 9.97 Å². The molecule has 0 saturated heterocycles. The molecule has 0 fully saturated rings. The lowest BCUT2D eigenvalue weighted by Crippen LogP contribution is -1.84. The van der Waals surface area contributed by atoms with Crippen molar-refractivity contribution in [2.75, 3.05) is 0 Å². The average Bonchev–Trinajstić information content (AvgIpc) is 2.57. The minimum absolute atomic E-state index is 0.625. The van der Waals surface area contributed by atoms with Crippen molar-refractivity contribution in [2.45, 2.75) is 26.2 Å². The number of imidazole rings is 1. The van der Waals surface area contributed by atoms with Crippen molar-refractivity contribution in [2.24, 2.45) is 0 Å². The highest BCUT2D eigenvalue weighted by Crippen LogP contribution is 2.14. The van der Waals surface area contributed by atoms with Gasteiger partial charge in [-0.15, -0.1) is 0 Å². The van der Waals surface area contributed by atoms with E-state index in [9.17, 15) is 0 Å². The fourth-order valence-electron chi connectivity index (χ4n) is 1.71. The number of nitriles is 1. The van der Waals surface area contributed by atoms with E-state index in [1.807, 2.05) is 13.0 Å². The molecule has 0 aliphatic heterocycles. The molecule has 76 valence electrons. The summed E-state index contributed by atoms with van der Waals surface area (Å²) in [4.78, 5) is 7.56. The lowest BCUT2D eigenvalue weighted by molar-refractivity contribution is 0.851. The molecule has 0 bridgehead atoms. The molecule has 0 aliphatic rings. The number of aryl methyl sites for hydroxylation is 2. The number of H-pyrrole nitrogens is 1. The van der Waals surface area contributed by atoms with Crippen LogP contribution in [0.5, 0.6) is 0 Å². The lowest BCUT2D eigenvalue weighted by atomic mass is 10.1. The van der Waals surface area contributed by atoms with Crippen LogP contribution in [0, 0.1) is 18.3 Å². The maximum Gasteiger partial charge on any atom is 0.104 e. The number of aromatic nitrogens is 2. The average molecular weight is 199 g/mol. The molecule has 15 heavy (non-hydrogen) atoms. The van der Waals surface area contributed by atoms with Gasteiger partial charge in [0, 0.05) is 6.42 Å². The van der Waals surface area contributed by atoms with Gasteiger partial charge in [0.15, 0.2) is 0 Å². The predicted octanol–water partition coefficient (Wildman–Crippen LogP) is 2.72. The zero-order chi connectivity index (χ0) is 10.7. The van der Waals surface area contributed by atoms with Crippen LogP contribution in [-0.4, -0.2) is 9.97 Å². The third-order valence-electron chi connectivity index (χ3n) is 2.42. The van der Waals surface area contributed by atoms with Gasteiger partial charge in [0.05, 0.1) is 17.1 Å². The summed E-state index contributed by atoms with van der Waals surface area (Å²) in [6.07, 6.45) is 2.51. The normalized spacial score (nSPS) is 10.4. The second-order valence-corrected chi connectivity index (χ2v) is 3.69. The molecule has 3 heteroatoms. The van der Waals surface area contributed by atoms with E-state index in [2.05, 4.69) is 28.2 Å². The highest BCUT2D eigenvalue weighted by Gasteiger charge is 2.00. The Labute approximate surface area is 88.8 Å². The molecule has 0 spiro atoms. The smallest absolute Gasteiger partial charge is 0.104 e. The van der Waals surface area contributed by atoms with E-state index >= 15 is 0 Å². The topological polar surface area (TPSA) is 52.5 Å². The van der Waals surface area contributed by atoms with Crippen LogP contribution in [0.15, 0.2) is 18.2 Å². The number of nitrogens with one attached hydrogen (secondary N) is 1. The molecule has 0 aliphatic carbocycles. The van der Waals surface area contributed by atoms with Gasteiger partial charge in [0.1, 0.15) is 5.82 Å². The number of nitrogens with zero attached hydrogens (tertiary/aromatic N) is 2. The van der Waals surface area contributed by atoms with Crippen LogP contribution < -0.4 is 0 Å². The van der Waals surface area contributed by atoms with Gasteiger partial charge in [-0.05, 0) is 37.5 Å². The van der Waals surface area contributed by atoms with Gasteiger partial charge in [0.2, 0.25) is 0 Å². The maximum atomic E-state index is 8.45. The molecule has 0 saturated carbocycles. The van der Waals surface area contributed by atoms with Gasteiger partial charge in [-0.3, -0.25) is 0 Å². The Hall–Kier alpha value is -1.82. The fraction of sp³-hybridized carbons (Fsp3) is 0.333. The van der Waals surface area contributed by atoms with Crippen LogP contribution in [0.3, 0.4) is 0 Å². The molecule has 0 radical (unpaired) electrons. The molecule has 3 nitrogen and oxygen atoms in total. The molecule has 1 aromatic heterocycles. The summed E-state index contributed by atoms with van der Waals surface area (Å²) in [7, 11) is 0. The molecule has 1 heterocycles. The Morgan fingerprint density at radius 2 is 2.33 bits per heavy atom. The van der Waals surface area contributed by atoms with E-state index in [4.69, 9.17) is 5.26 Å². The minimum Gasteiger partial charge on any atom is -0.342 e. The number of hydrogen-bond acceptors (Lipinski definition) is 2. The summed E-state index contributed by atoms with van der Waals surface area (Å²) < 4.78 is 0. The Bertz CT molecular complexity index is 505. The van der Waals surface area contributed by atoms with E-state index in [1.165, 1.54) is 5.56 Å². The molecule has 2 rings (SSSR count). The van der Waals surface area contributed by atoms with E-state index < -0.39 is 0 Å². The van der Waals surface area contributed by atoms with Crippen LogP contribution in [0.1, 0.15) is 24.2 Å². The molecule has 0 amide bonds. The van der Waals surface area contributed by atoms with Crippen LogP contribution in [0.4, 0.5) is 0 Å². The van der Waals surface area contributed by atoms with Crippen LogP contribution >= 0.6 is 0 Å². The molecule has 1 N–H and O–H groups in total. The summed E-state index contributed by atoms with van der Waals surface area (Å²) in [6.45, 7) is 1.95. The van der Waals surface area contributed by atoms with Gasteiger partial charge in [-0.25, -0.2) is 4.98 Å². The molecule has 0 atom stereocenters. The van der Waals surface area contributed by atoms with Crippen LogP contribution in [-0.2, 0) is 6.42 Å². The molecule has 1 aromatic carbocycles. The largest absolute Gasteiger partial charge is 0.342 e. The Morgan fingerprint density at radius 3 is 3.13 bits per heavy atom. The van der Waals surface area contributed by atoms with Crippen molar-refractivity contribution in [3.8, 4) is 6.07 Å². The molecule has 0 unspecified atom stereocenters. The highest BCUT2D eigenvalue weighted by atomic mass is 14.9. The Balaban J connectivity index is 2.19. The second-order valence-electron chi connectivity index (χ2n) is 3.69. The van der Waals surface area contributed by atoms with Crippen molar-refractivity contribution in [1.29, 1.82) is 5.26 Å². The van der Waals surface area contributed by atoms with Gasteiger partial charge in [0.25, 0.3) is 0 Å². The summed E-state index contributed by atoms with van der Waals surface area (Å²) in [6, 6.07) is 8.39. The summed E-state index contributed by atoms with van der Waals surface area (Å²) in [5.41, 5.74) is 3.36. The third kappa shape index (κ3) is 2.16. The van der Waals surface area contributed by atoms with E-state index in [0.717, 1.165) is 29.7 Å². The Kier molecular flexibility index (Phi) is 2.68. The first-order chi connectivity index (χ1) is 7.29. The van der Waals surface area contributed by atoms with Crippen molar-refractivity contribution in [3.05, 3.63) is 29.6 Å². The number of unbranched alkanes of at least 4 members (excludes halogenated alkanes) is 1. The van der Waals surface area contributed by atoms with Gasteiger partial charge in [-0.1, -0.05) is 6.07 Å². The molecular formula is C12H13N3. The van der Waals surface area contributed by atoms with Gasteiger partial charge < -0.3 is 4.98 Å². The molecular weight excluding hydrogens is 186 g/mol. The van der Waals surface area contributed by atoms with Crippen LogP contribution in [0.2, 0.25) is 0 Å². The maximum absolute atomic E-state index is 8.45. The third-order valence-corrected chi connectivity index (χ3v) is 2.42. The summed E-state index contributed by atoms with van der Waals surface area (Å²) >= 11 is 0. The number of fused-ring (bicyclic) bond motifs is 1. The summed E-state index contributed by atoms with van der Waals surface area (Å²) in [5.74, 6) is 0.944. The van der Waals surface area contributed by atoms with Gasteiger partial charge in [-0.2, -0.15) is 5.26 Å². The monoisotopic (exact) mass is 199 g/mol. The van der Waals surface area contributed by atoms with Gasteiger partial charge >= 0.3 is 0 Å². The van der Waals surface area contributed by atoms with E-state index in [0.29, 0.717) is 6.42 Å². The number of benzene rings is 1. The SMILES string of the molecule is Cc1nc2ccc(CCCC#N)cc2[nH]1. The quantitative estimate of drug-likeness (QED) is 0.773. The second kappa shape index (κ2) is 4.14. The molecule has 2 aromatic rings. The van der Waals surface area contributed by atoms with Crippen LogP contribution in [0.25, 0.3) is 11.0 Å². The standard InChI is InChI=1S/C12H13N3/c1-9-14-11-6-5-10(4-2-3-7-13)8-12(11)15-9/h5-6,8H,2-4H2,1H3,(H,14,15).